The van der Waals surface area contributed by atoms with Gasteiger partial charge in [0.25, 0.3) is 5.91 Å². The van der Waals surface area contributed by atoms with Crippen LogP contribution >= 0.6 is 0 Å². The first-order valence-corrected chi connectivity index (χ1v) is 10.5. The minimum atomic E-state index is -0.813. The second kappa shape index (κ2) is 9.20. The molecule has 1 saturated carbocycles. The van der Waals surface area contributed by atoms with Gasteiger partial charge in [-0.25, -0.2) is 4.68 Å². The first kappa shape index (κ1) is 22.1. The molecule has 1 aromatic carbocycles. The first-order chi connectivity index (χ1) is 15.9. The minimum Gasteiger partial charge on any atom is -0.507 e. The SMILES string of the molecule is COc1cccc(O)c1-c1cc(C(=O)NC2CCC(C(=O)O)CC2)nn1C1=C=C=C(F)C=C1. The monoisotopic (exact) mass is 451 g/mol. The number of aromatic hydroxyl groups is 1. The van der Waals surface area contributed by atoms with Crippen LogP contribution in [0.25, 0.3) is 17.0 Å². The van der Waals surface area contributed by atoms with E-state index in [9.17, 15) is 19.1 Å². The van der Waals surface area contributed by atoms with Crippen LogP contribution in [0.5, 0.6) is 11.5 Å². The lowest BCUT2D eigenvalue weighted by atomic mass is 9.86. The Labute approximate surface area is 189 Å². The summed E-state index contributed by atoms with van der Waals surface area (Å²) in [6, 6.07) is 6.11. The molecule has 8 nitrogen and oxygen atoms in total. The Balaban J connectivity index is 1.69. The lowest BCUT2D eigenvalue weighted by Gasteiger charge is -2.26. The Bertz CT molecular complexity index is 1240. The lowest BCUT2D eigenvalue weighted by Crippen LogP contribution is -2.38. The summed E-state index contributed by atoms with van der Waals surface area (Å²) in [4.78, 5) is 24.1. The summed E-state index contributed by atoms with van der Waals surface area (Å²) in [7, 11) is 1.46. The van der Waals surface area contributed by atoms with Gasteiger partial charge in [-0.2, -0.15) is 9.49 Å². The fraction of sp³-hybridized carbons (Fsp3) is 0.292. The van der Waals surface area contributed by atoms with E-state index in [1.807, 2.05) is 0 Å². The number of carboxylic acids is 1. The molecule has 2 aliphatic carbocycles. The van der Waals surface area contributed by atoms with Crippen molar-refractivity contribution in [1.29, 1.82) is 0 Å². The van der Waals surface area contributed by atoms with E-state index in [0.29, 0.717) is 48.4 Å². The number of hydrogen-bond acceptors (Lipinski definition) is 5. The van der Waals surface area contributed by atoms with Crippen LogP contribution in [0.3, 0.4) is 0 Å². The zero-order valence-corrected chi connectivity index (χ0v) is 17.8. The van der Waals surface area contributed by atoms with Gasteiger partial charge in [0.15, 0.2) is 11.5 Å². The number of phenols is 1. The third-order valence-electron chi connectivity index (χ3n) is 5.76. The van der Waals surface area contributed by atoms with Gasteiger partial charge in [-0.1, -0.05) is 6.07 Å². The van der Waals surface area contributed by atoms with Crippen molar-refractivity contribution in [2.24, 2.45) is 5.92 Å². The number of aromatic nitrogens is 2. The zero-order valence-electron chi connectivity index (χ0n) is 17.8. The number of carbonyl (C=O) groups is 2. The molecular formula is C24H22FN3O5. The highest BCUT2D eigenvalue weighted by atomic mass is 19.1. The normalized spacial score (nSPS) is 19.6. The summed E-state index contributed by atoms with van der Waals surface area (Å²) < 4.78 is 20.2. The predicted octanol–water partition coefficient (Wildman–Crippen LogP) is 3.66. The van der Waals surface area contributed by atoms with Crippen LogP contribution in [0.4, 0.5) is 4.39 Å². The number of aliphatic carboxylic acids is 1. The second-order valence-corrected chi connectivity index (χ2v) is 7.86. The molecule has 9 heteroatoms. The molecule has 0 spiro atoms. The van der Waals surface area contributed by atoms with Crippen molar-refractivity contribution in [3.8, 4) is 22.8 Å². The van der Waals surface area contributed by atoms with E-state index >= 15 is 0 Å². The van der Waals surface area contributed by atoms with Gasteiger partial charge in [0.2, 0.25) is 0 Å². The Morgan fingerprint density at radius 2 is 1.97 bits per heavy atom. The van der Waals surface area contributed by atoms with Crippen molar-refractivity contribution < 1.29 is 28.9 Å². The molecule has 0 bridgehead atoms. The maximum absolute atomic E-state index is 13.4. The number of nitrogens with zero attached hydrogens (tertiary/aromatic N) is 2. The molecule has 2 aliphatic rings. The average molecular weight is 451 g/mol. The first-order valence-electron chi connectivity index (χ1n) is 10.5. The molecule has 33 heavy (non-hydrogen) atoms. The number of allylic oxidation sites excluding steroid dienone is 4. The van der Waals surface area contributed by atoms with Gasteiger partial charge >= 0.3 is 5.97 Å². The molecule has 1 fully saturated rings. The van der Waals surface area contributed by atoms with E-state index < -0.39 is 17.7 Å². The smallest absolute Gasteiger partial charge is 0.306 e. The quantitative estimate of drug-likeness (QED) is 0.578. The van der Waals surface area contributed by atoms with E-state index in [-0.39, 0.29) is 23.4 Å². The largest absolute Gasteiger partial charge is 0.507 e. The summed E-state index contributed by atoms with van der Waals surface area (Å²) in [5.74, 6) is -1.95. The maximum Gasteiger partial charge on any atom is 0.306 e. The standard InChI is InChI=1S/C24H22FN3O5/c1-33-21-4-2-3-20(29)22(21)19-13-18(27-28(19)17-11-7-15(25)8-12-17)23(30)26-16-9-5-14(6-10-16)24(31)32/h2-4,7,11,13-14,16,29H,5-6,9-10H2,1H3,(H,26,30)(H,31,32). The van der Waals surface area contributed by atoms with Gasteiger partial charge in [-0.05, 0) is 67.5 Å². The lowest BCUT2D eigenvalue weighted by molar-refractivity contribution is -0.142. The fourth-order valence-corrected chi connectivity index (χ4v) is 4.03. The predicted molar refractivity (Wildman–Crippen MR) is 117 cm³/mol. The third kappa shape index (κ3) is 4.60. The Morgan fingerprint density at radius 1 is 1.21 bits per heavy atom. The van der Waals surface area contributed by atoms with E-state index in [1.165, 1.54) is 36.1 Å². The molecule has 1 heterocycles. The molecular weight excluding hydrogens is 429 g/mol. The van der Waals surface area contributed by atoms with E-state index in [1.54, 1.807) is 12.1 Å². The number of amides is 1. The van der Waals surface area contributed by atoms with Crippen molar-refractivity contribution in [2.75, 3.05) is 7.11 Å². The number of benzene rings is 1. The van der Waals surface area contributed by atoms with E-state index in [4.69, 9.17) is 9.84 Å². The van der Waals surface area contributed by atoms with Crippen LogP contribution in [0.15, 0.2) is 53.7 Å². The Hall–Kier alpha value is -4.06. The summed E-state index contributed by atoms with van der Waals surface area (Å²) in [5, 5.41) is 27.0. The highest BCUT2D eigenvalue weighted by Gasteiger charge is 2.28. The highest BCUT2D eigenvalue weighted by Crippen LogP contribution is 2.39. The summed E-state index contributed by atoms with van der Waals surface area (Å²) in [6.45, 7) is 0. The number of nitrogens with one attached hydrogen (secondary N) is 1. The van der Waals surface area contributed by atoms with Gasteiger partial charge in [0.1, 0.15) is 17.2 Å². The van der Waals surface area contributed by atoms with Crippen LogP contribution in [0.2, 0.25) is 0 Å². The third-order valence-corrected chi connectivity index (χ3v) is 5.76. The number of carbonyl (C=O) groups excluding carboxylic acids is 1. The molecule has 0 aliphatic heterocycles. The number of rotatable bonds is 6. The molecule has 3 N–H and O–H groups in total. The summed E-state index contributed by atoms with van der Waals surface area (Å²) >= 11 is 0. The minimum absolute atomic E-state index is 0.0772. The molecule has 2 aromatic rings. The topological polar surface area (TPSA) is 114 Å². The van der Waals surface area contributed by atoms with Crippen molar-refractivity contribution in [3.05, 3.63) is 59.4 Å². The fourth-order valence-electron chi connectivity index (χ4n) is 4.03. The Kier molecular flexibility index (Phi) is 6.18. The van der Waals surface area contributed by atoms with Crippen molar-refractivity contribution in [3.63, 3.8) is 0 Å². The van der Waals surface area contributed by atoms with Gasteiger partial charge in [0, 0.05) is 6.04 Å². The second-order valence-electron chi connectivity index (χ2n) is 7.86. The number of phenolic OH excluding ortho intramolecular Hbond substituents is 1. The molecule has 0 unspecified atom stereocenters. The number of ether oxygens (including phenoxy) is 1. The molecule has 1 amide bonds. The summed E-state index contributed by atoms with van der Waals surface area (Å²) in [5.41, 5.74) is 6.06. The van der Waals surface area contributed by atoms with Crippen LogP contribution in [0.1, 0.15) is 36.2 Å². The van der Waals surface area contributed by atoms with Crippen LogP contribution in [-0.4, -0.2) is 45.0 Å². The van der Waals surface area contributed by atoms with Crippen LogP contribution in [0, 0.1) is 5.92 Å². The maximum atomic E-state index is 13.4. The molecule has 1 aromatic heterocycles. The van der Waals surface area contributed by atoms with Gasteiger partial charge in [0.05, 0.1) is 24.3 Å². The summed E-state index contributed by atoms with van der Waals surface area (Å²) in [6.07, 6.45) is 4.74. The van der Waals surface area contributed by atoms with Gasteiger partial charge in [-0.3, -0.25) is 9.59 Å². The average Bonchev–Trinajstić information content (AvgIpc) is 3.24. The van der Waals surface area contributed by atoms with Crippen molar-refractivity contribution >= 4 is 17.6 Å². The highest BCUT2D eigenvalue weighted by molar-refractivity contribution is 5.95. The Morgan fingerprint density at radius 3 is 2.61 bits per heavy atom. The van der Waals surface area contributed by atoms with Crippen molar-refractivity contribution in [2.45, 2.75) is 31.7 Å². The van der Waals surface area contributed by atoms with Crippen molar-refractivity contribution in [1.82, 2.24) is 15.1 Å². The molecule has 0 saturated heterocycles. The number of carboxylic acid groups (broad SMARTS) is 1. The van der Waals surface area contributed by atoms with Gasteiger partial charge in [-0.15, -0.1) is 0 Å². The molecule has 4 rings (SSSR count). The molecule has 0 atom stereocenters. The van der Waals surface area contributed by atoms with E-state index in [0.717, 1.165) is 0 Å². The number of methoxy groups -OCH3 is 1. The zero-order chi connectivity index (χ0) is 23.5. The molecule has 170 valence electrons. The number of hydrogen-bond donors (Lipinski definition) is 3. The van der Waals surface area contributed by atoms with Gasteiger partial charge < -0.3 is 20.3 Å². The van der Waals surface area contributed by atoms with Crippen LogP contribution in [-0.2, 0) is 4.79 Å². The number of halogens is 1. The van der Waals surface area contributed by atoms with E-state index in [2.05, 4.69) is 21.9 Å². The van der Waals surface area contributed by atoms with Crippen LogP contribution < -0.4 is 10.1 Å². The molecule has 0 radical (unpaired) electrons.